The van der Waals surface area contributed by atoms with Crippen LogP contribution in [0.15, 0.2) is 48.2 Å². The first-order valence-electron chi connectivity index (χ1n) is 8.82. The van der Waals surface area contributed by atoms with Crippen molar-refractivity contribution in [3.8, 4) is 0 Å². The quantitative estimate of drug-likeness (QED) is 0.842. The fourth-order valence-electron chi connectivity index (χ4n) is 3.31. The van der Waals surface area contributed by atoms with E-state index in [-0.39, 0.29) is 17.9 Å². The second-order valence-electron chi connectivity index (χ2n) is 7.19. The van der Waals surface area contributed by atoms with Gasteiger partial charge in [-0.2, -0.15) is 0 Å². The van der Waals surface area contributed by atoms with Crippen molar-refractivity contribution in [1.29, 1.82) is 0 Å². The van der Waals surface area contributed by atoms with E-state index in [0.29, 0.717) is 11.3 Å². The summed E-state index contributed by atoms with van der Waals surface area (Å²) in [7, 11) is 0. The maximum absolute atomic E-state index is 13.0. The lowest BCUT2D eigenvalue weighted by molar-refractivity contribution is -0.138. The summed E-state index contributed by atoms with van der Waals surface area (Å²) in [6, 6.07) is 13.5. The lowest BCUT2D eigenvalue weighted by Gasteiger charge is -2.19. The van der Waals surface area contributed by atoms with E-state index in [9.17, 15) is 9.59 Å². The molecule has 0 bridgehead atoms. The Labute approximate surface area is 154 Å². The van der Waals surface area contributed by atoms with Crippen molar-refractivity contribution in [2.75, 3.05) is 5.32 Å². The number of rotatable bonds is 4. The van der Waals surface area contributed by atoms with Crippen molar-refractivity contribution in [1.82, 2.24) is 4.90 Å². The van der Waals surface area contributed by atoms with Gasteiger partial charge in [-0.3, -0.25) is 14.5 Å². The van der Waals surface area contributed by atoms with Gasteiger partial charge in [0, 0.05) is 11.7 Å². The number of anilines is 1. The Balaban J connectivity index is 2.12. The molecule has 0 unspecified atom stereocenters. The van der Waals surface area contributed by atoms with Gasteiger partial charge in [0.15, 0.2) is 0 Å². The summed E-state index contributed by atoms with van der Waals surface area (Å²) >= 11 is 0. The minimum Gasteiger partial charge on any atom is -0.350 e. The summed E-state index contributed by atoms with van der Waals surface area (Å²) in [6.07, 6.45) is 0. The maximum Gasteiger partial charge on any atom is 0.278 e. The van der Waals surface area contributed by atoms with Gasteiger partial charge in [0.25, 0.3) is 11.8 Å². The Hall–Kier alpha value is -2.88. The molecule has 0 atom stereocenters. The smallest absolute Gasteiger partial charge is 0.278 e. The Kier molecular flexibility index (Phi) is 4.68. The Morgan fingerprint density at radius 3 is 1.92 bits per heavy atom. The molecule has 1 N–H and O–H groups in total. The second-order valence-corrected chi connectivity index (χ2v) is 7.19. The summed E-state index contributed by atoms with van der Waals surface area (Å²) in [5, 5.41) is 3.22. The predicted molar refractivity (Wildman–Crippen MR) is 105 cm³/mol. The van der Waals surface area contributed by atoms with Crippen molar-refractivity contribution >= 4 is 23.1 Å². The molecule has 26 heavy (non-hydrogen) atoms. The highest BCUT2D eigenvalue weighted by Gasteiger charge is 2.40. The number of benzene rings is 2. The molecule has 1 aliphatic rings. The molecule has 4 nitrogen and oxygen atoms in total. The molecule has 3 rings (SSSR count). The summed E-state index contributed by atoms with van der Waals surface area (Å²) in [5.41, 5.74) is 5.65. The highest BCUT2D eigenvalue weighted by molar-refractivity contribution is 6.36. The second kappa shape index (κ2) is 6.79. The zero-order valence-corrected chi connectivity index (χ0v) is 15.9. The standard InChI is InChI=1S/C22H24N2O2/c1-13(2)24-21(25)19(17-8-6-14(3)7-9-17)20(22(24)26)23-18-11-15(4)10-16(5)12-18/h6-13,23H,1-5H3. The fourth-order valence-corrected chi connectivity index (χ4v) is 3.31. The van der Waals surface area contributed by atoms with Crippen LogP contribution in [-0.4, -0.2) is 22.8 Å². The third-order valence-corrected chi connectivity index (χ3v) is 4.46. The number of amides is 2. The first-order chi connectivity index (χ1) is 12.3. The third kappa shape index (κ3) is 3.27. The molecule has 0 aliphatic carbocycles. The molecule has 0 radical (unpaired) electrons. The van der Waals surface area contributed by atoms with Crippen molar-refractivity contribution in [3.05, 3.63) is 70.4 Å². The van der Waals surface area contributed by atoms with Crippen molar-refractivity contribution in [2.45, 2.75) is 40.7 Å². The molecule has 0 spiro atoms. The number of carbonyl (C=O) groups excluding carboxylic acids is 2. The molecule has 134 valence electrons. The molecule has 0 fully saturated rings. The molecule has 1 heterocycles. The van der Waals surface area contributed by atoms with Gasteiger partial charge < -0.3 is 5.32 Å². The van der Waals surface area contributed by atoms with Crippen molar-refractivity contribution in [2.24, 2.45) is 0 Å². The van der Waals surface area contributed by atoms with Crippen molar-refractivity contribution in [3.63, 3.8) is 0 Å². The highest BCUT2D eigenvalue weighted by atomic mass is 16.2. The lowest BCUT2D eigenvalue weighted by Crippen LogP contribution is -2.38. The molecule has 0 saturated heterocycles. The van der Waals surface area contributed by atoms with Crippen LogP contribution >= 0.6 is 0 Å². The highest BCUT2D eigenvalue weighted by Crippen LogP contribution is 2.32. The average Bonchev–Trinajstić information content (AvgIpc) is 2.78. The van der Waals surface area contributed by atoms with E-state index in [0.717, 1.165) is 27.9 Å². The maximum atomic E-state index is 13.0. The van der Waals surface area contributed by atoms with Gasteiger partial charge in [-0.25, -0.2) is 0 Å². The predicted octanol–water partition coefficient (Wildman–Crippen LogP) is 4.21. The van der Waals surface area contributed by atoms with Gasteiger partial charge in [0.2, 0.25) is 0 Å². The topological polar surface area (TPSA) is 49.4 Å². The van der Waals surface area contributed by atoms with Crippen LogP contribution in [-0.2, 0) is 9.59 Å². The van der Waals surface area contributed by atoms with E-state index in [4.69, 9.17) is 0 Å². The molecule has 1 aliphatic heterocycles. The minimum absolute atomic E-state index is 0.200. The Morgan fingerprint density at radius 1 is 0.808 bits per heavy atom. The summed E-state index contributed by atoms with van der Waals surface area (Å²) in [4.78, 5) is 27.3. The zero-order valence-electron chi connectivity index (χ0n) is 15.9. The van der Waals surface area contributed by atoms with Crippen LogP contribution in [0.2, 0.25) is 0 Å². The van der Waals surface area contributed by atoms with E-state index >= 15 is 0 Å². The molecule has 2 aromatic carbocycles. The molecule has 2 aromatic rings. The number of imide groups is 1. The van der Waals surface area contributed by atoms with Gasteiger partial charge in [0.05, 0.1) is 5.57 Å². The van der Waals surface area contributed by atoms with Crippen LogP contribution in [0, 0.1) is 20.8 Å². The number of nitrogens with zero attached hydrogens (tertiary/aromatic N) is 1. The lowest BCUT2D eigenvalue weighted by atomic mass is 10.0. The van der Waals surface area contributed by atoms with Crippen molar-refractivity contribution < 1.29 is 9.59 Å². The fraction of sp³-hybridized carbons (Fsp3) is 0.273. The molecule has 4 heteroatoms. The SMILES string of the molecule is Cc1ccc(C2=C(Nc3cc(C)cc(C)c3)C(=O)N(C(C)C)C2=O)cc1. The van der Waals surface area contributed by atoms with Gasteiger partial charge in [-0.15, -0.1) is 0 Å². The van der Waals surface area contributed by atoms with Crippen LogP contribution in [0.3, 0.4) is 0 Å². The Bertz CT molecular complexity index is 888. The molecular formula is C22H24N2O2. The Morgan fingerprint density at radius 2 is 1.38 bits per heavy atom. The molecule has 2 amide bonds. The molecule has 0 aromatic heterocycles. The van der Waals surface area contributed by atoms with Crippen LogP contribution < -0.4 is 5.32 Å². The first kappa shape index (κ1) is 17.9. The van der Waals surface area contributed by atoms with Crippen LogP contribution in [0.25, 0.3) is 5.57 Å². The number of aryl methyl sites for hydroxylation is 3. The number of nitrogens with one attached hydrogen (secondary N) is 1. The third-order valence-electron chi connectivity index (χ3n) is 4.46. The normalized spacial score (nSPS) is 14.6. The van der Waals surface area contributed by atoms with Gasteiger partial charge >= 0.3 is 0 Å². The van der Waals surface area contributed by atoms with E-state index in [1.807, 2.05) is 71.0 Å². The number of hydrogen-bond donors (Lipinski definition) is 1. The number of hydrogen-bond acceptors (Lipinski definition) is 3. The minimum atomic E-state index is -0.278. The van der Waals surface area contributed by atoms with Crippen LogP contribution in [0.4, 0.5) is 5.69 Å². The van der Waals surface area contributed by atoms with Gasteiger partial charge in [-0.1, -0.05) is 35.9 Å². The largest absolute Gasteiger partial charge is 0.350 e. The molecule has 0 saturated carbocycles. The summed E-state index contributed by atoms with van der Waals surface area (Å²) < 4.78 is 0. The summed E-state index contributed by atoms with van der Waals surface area (Å²) in [5.74, 6) is -0.527. The number of carbonyl (C=O) groups is 2. The molecular weight excluding hydrogens is 324 g/mol. The zero-order chi connectivity index (χ0) is 19.0. The van der Waals surface area contributed by atoms with E-state index < -0.39 is 0 Å². The average molecular weight is 348 g/mol. The van der Waals surface area contributed by atoms with E-state index in [2.05, 4.69) is 11.4 Å². The first-order valence-corrected chi connectivity index (χ1v) is 8.82. The summed E-state index contributed by atoms with van der Waals surface area (Å²) in [6.45, 7) is 9.71. The van der Waals surface area contributed by atoms with Gasteiger partial charge in [-0.05, 0) is 63.4 Å². The van der Waals surface area contributed by atoms with Gasteiger partial charge in [0.1, 0.15) is 5.70 Å². The monoisotopic (exact) mass is 348 g/mol. The van der Waals surface area contributed by atoms with Crippen LogP contribution in [0.5, 0.6) is 0 Å². The van der Waals surface area contributed by atoms with E-state index in [1.165, 1.54) is 4.90 Å². The van der Waals surface area contributed by atoms with E-state index in [1.54, 1.807) is 0 Å². The van der Waals surface area contributed by atoms with Crippen LogP contribution in [0.1, 0.15) is 36.1 Å².